The van der Waals surface area contributed by atoms with E-state index in [9.17, 15) is 4.39 Å². The number of aryl methyl sites for hydroxylation is 1. The van der Waals surface area contributed by atoms with Gasteiger partial charge in [0, 0.05) is 12.3 Å². The van der Waals surface area contributed by atoms with Gasteiger partial charge in [-0.2, -0.15) is 0 Å². The number of nitrogens with zero attached hydrogens (tertiary/aromatic N) is 1. The van der Waals surface area contributed by atoms with E-state index in [1.165, 1.54) is 12.1 Å². The molecule has 2 N–H and O–H groups in total. The first kappa shape index (κ1) is 13.1. The number of aromatic nitrogens is 1. The van der Waals surface area contributed by atoms with E-state index >= 15 is 0 Å². The maximum atomic E-state index is 13.4. The summed E-state index contributed by atoms with van der Waals surface area (Å²) in [7, 11) is 0. The highest BCUT2D eigenvalue weighted by molar-refractivity contribution is 9.10. The average molecular weight is 332 g/mol. The molecule has 0 aliphatic carbocycles. The van der Waals surface area contributed by atoms with Crippen LogP contribution in [-0.4, -0.2) is 4.98 Å². The highest BCUT2D eigenvalue weighted by Crippen LogP contribution is 2.35. The lowest BCUT2D eigenvalue weighted by atomic mass is 10.2. The molecule has 0 saturated carbocycles. The molecule has 0 aliphatic heterocycles. The van der Waals surface area contributed by atoms with Gasteiger partial charge in [0.2, 0.25) is 5.88 Å². The Bertz CT molecular complexity index is 607. The minimum atomic E-state index is -0.472. The summed E-state index contributed by atoms with van der Waals surface area (Å²) in [4.78, 5) is 3.99. The standard InChI is InChI=1S/C12H9BrClFN2O/c1-6-2-3-17-12(11(6)16)18-10-5-9(15)7(13)4-8(10)14/h2-5H,16H2,1H3. The van der Waals surface area contributed by atoms with Crippen molar-refractivity contribution in [2.24, 2.45) is 0 Å². The van der Waals surface area contributed by atoms with Gasteiger partial charge in [0.15, 0.2) is 5.75 Å². The number of rotatable bonds is 2. The summed E-state index contributed by atoms with van der Waals surface area (Å²) in [6, 6.07) is 4.35. The van der Waals surface area contributed by atoms with Crippen LogP contribution in [0.25, 0.3) is 0 Å². The van der Waals surface area contributed by atoms with Gasteiger partial charge in [-0.1, -0.05) is 11.6 Å². The first-order chi connectivity index (χ1) is 8.49. The van der Waals surface area contributed by atoms with Gasteiger partial charge in [-0.15, -0.1) is 0 Å². The Morgan fingerprint density at radius 1 is 1.44 bits per heavy atom. The minimum Gasteiger partial charge on any atom is -0.435 e. The minimum absolute atomic E-state index is 0.169. The van der Waals surface area contributed by atoms with Gasteiger partial charge in [0.1, 0.15) is 5.82 Å². The fourth-order valence-electron chi connectivity index (χ4n) is 1.31. The van der Waals surface area contributed by atoms with E-state index < -0.39 is 5.82 Å². The normalized spacial score (nSPS) is 10.4. The SMILES string of the molecule is Cc1ccnc(Oc2cc(F)c(Br)cc2Cl)c1N. The van der Waals surface area contributed by atoms with Crippen molar-refractivity contribution < 1.29 is 9.13 Å². The molecule has 6 heteroatoms. The highest BCUT2D eigenvalue weighted by atomic mass is 79.9. The van der Waals surface area contributed by atoms with Gasteiger partial charge in [-0.05, 0) is 40.5 Å². The molecule has 1 aromatic heterocycles. The third-order valence-electron chi connectivity index (χ3n) is 2.35. The molecule has 2 aromatic rings. The van der Waals surface area contributed by atoms with E-state index in [1.807, 2.05) is 6.92 Å². The van der Waals surface area contributed by atoms with Gasteiger partial charge in [0.05, 0.1) is 15.2 Å². The summed E-state index contributed by atoms with van der Waals surface area (Å²) in [5, 5.41) is 0.269. The number of anilines is 1. The van der Waals surface area contributed by atoms with Crippen LogP contribution in [0.2, 0.25) is 5.02 Å². The third-order valence-corrected chi connectivity index (χ3v) is 3.26. The van der Waals surface area contributed by atoms with Crippen LogP contribution < -0.4 is 10.5 Å². The zero-order valence-electron chi connectivity index (χ0n) is 9.38. The second-order valence-electron chi connectivity index (χ2n) is 3.65. The molecule has 18 heavy (non-hydrogen) atoms. The van der Waals surface area contributed by atoms with Crippen molar-refractivity contribution in [3.05, 3.63) is 45.3 Å². The number of nitrogen functional groups attached to an aromatic ring is 1. The molecule has 0 fully saturated rings. The number of hydrogen-bond donors (Lipinski definition) is 1. The highest BCUT2D eigenvalue weighted by Gasteiger charge is 2.12. The molecule has 0 amide bonds. The van der Waals surface area contributed by atoms with Crippen molar-refractivity contribution in [1.29, 1.82) is 0 Å². The van der Waals surface area contributed by atoms with Crippen molar-refractivity contribution in [3.8, 4) is 11.6 Å². The van der Waals surface area contributed by atoms with Crippen molar-refractivity contribution in [1.82, 2.24) is 4.98 Å². The van der Waals surface area contributed by atoms with E-state index in [4.69, 9.17) is 22.1 Å². The van der Waals surface area contributed by atoms with Gasteiger partial charge < -0.3 is 10.5 Å². The smallest absolute Gasteiger partial charge is 0.242 e. The number of hydrogen-bond acceptors (Lipinski definition) is 3. The maximum absolute atomic E-state index is 13.4. The quantitative estimate of drug-likeness (QED) is 0.834. The van der Waals surface area contributed by atoms with Crippen LogP contribution in [0.4, 0.5) is 10.1 Å². The summed E-state index contributed by atoms with van der Waals surface area (Å²) >= 11 is 8.99. The maximum Gasteiger partial charge on any atom is 0.242 e. The first-order valence-corrected chi connectivity index (χ1v) is 6.19. The third kappa shape index (κ3) is 2.57. The molecule has 3 nitrogen and oxygen atoms in total. The molecule has 1 heterocycles. The lowest BCUT2D eigenvalue weighted by molar-refractivity contribution is 0.460. The Labute approximate surface area is 117 Å². The summed E-state index contributed by atoms with van der Waals surface area (Å²) in [5.74, 6) is -0.0959. The van der Waals surface area contributed by atoms with E-state index in [1.54, 1.807) is 12.3 Å². The van der Waals surface area contributed by atoms with Gasteiger partial charge in [0.25, 0.3) is 0 Å². The van der Waals surface area contributed by atoms with E-state index in [0.717, 1.165) is 5.56 Å². The summed E-state index contributed by atoms with van der Waals surface area (Å²) in [5.41, 5.74) is 7.04. The van der Waals surface area contributed by atoms with Crippen LogP contribution in [0.1, 0.15) is 5.56 Å². The molecular formula is C12H9BrClFN2O. The molecule has 0 aliphatic rings. The van der Waals surface area contributed by atoms with Crippen molar-refractivity contribution in [3.63, 3.8) is 0 Å². The van der Waals surface area contributed by atoms with E-state index in [-0.39, 0.29) is 21.1 Å². The van der Waals surface area contributed by atoms with Gasteiger partial charge in [-0.3, -0.25) is 0 Å². The molecule has 0 saturated heterocycles. The number of pyridine rings is 1. The Morgan fingerprint density at radius 3 is 2.89 bits per heavy atom. The van der Waals surface area contributed by atoms with Crippen LogP contribution in [0.5, 0.6) is 11.6 Å². The number of nitrogens with two attached hydrogens (primary N) is 1. The summed E-state index contributed by atoms with van der Waals surface area (Å²) < 4.78 is 19.1. The molecule has 0 spiro atoms. The molecule has 0 unspecified atom stereocenters. The Morgan fingerprint density at radius 2 is 2.17 bits per heavy atom. The Kier molecular flexibility index (Phi) is 3.73. The lowest BCUT2D eigenvalue weighted by Gasteiger charge is -2.10. The van der Waals surface area contributed by atoms with Crippen molar-refractivity contribution >= 4 is 33.2 Å². The molecular weight excluding hydrogens is 322 g/mol. The van der Waals surface area contributed by atoms with Crippen molar-refractivity contribution in [2.75, 3.05) is 5.73 Å². The van der Waals surface area contributed by atoms with Crippen LogP contribution in [0.15, 0.2) is 28.9 Å². The summed E-state index contributed by atoms with van der Waals surface area (Å²) in [6.07, 6.45) is 1.56. The van der Waals surface area contributed by atoms with Crippen LogP contribution in [0, 0.1) is 12.7 Å². The number of halogens is 3. The lowest BCUT2D eigenvalue weighted by Crippen LogP contribution is -1.98. The number of ether oxygens (including phenoxy) is 1. The van der Waals surface area contributed by atoms with E-state index in [0.29, 0.717) is 5.69 Å². The predicted molar refractivity (Wildman–Crippen MR) is 72.6 cm³/mol. The zero-order valence-corrected chi connectivity index (χ0v) is 11.7. The Balaban J connectivity index is 2.40. The van der Waals surface area contributed by atoms with Crippen molar-refractivity contribution in [2.45, 2.75) is 6.92 Å². The molecule has 0 radical (unpaired) electrons. The Hall–Kier alpha value is -1.33. The first-order valence-electron chi connectivity index (χ1n) is 5.02. The van der Waals surface area contributed by atoms with Gasteiger partial charge >= 0.3 is 0 Å². The van der Waals surface area contributed by atoms with Crippen LogP contribution in [-0.2, 0) is 0 Å². The molecule has 0 bridgehead atoms. The average Bonchev–Trinajstić information content (AvgIpc) is 2.32. The van der Waals surface area contributed by atoms with E-state index in [2.05, 4.69) is 20.9 Å². The van der Waals surface area contributed by atoms with Crippen LogP contribution in [0.3, 0.4) is 0 Å². The van der Waals surface area contributed by atoms with Gasteiger partial charge in [-0.25, -0.2) is 9.37 Å². The molecule has 1 aromatic carbocycles. The second kappa shape index (κ2) is 5.12. The summed E-state index contributed by atoms with van der Waals surface area (Å²) in [6.45, 7) is 1.83. The monoisotopic (exact) mass is 330 g/mol. The molecule has 94 valence electrons. The molecule has 2 rings (SSSR count). The topological polar surface area (TPSA) is 48.1 Å². The fraction of sp³-hybridized carbons (Fsp3) is 0.0833. The zero-order chi connectivity index (χ0) is 13.3. The largest absolute Gasteiger partial charge is 0.435 e. The molecule has 0 atom stereocenters. The second-order valence-corrected chi connectivity index (χ2v) is 4.91. The number of benzene rings is 1. The van der Waals surface area contributed by atoms with Crippen LogP contribution >= 0.6 is 27.5 Å². The predicted octanol–water partition coefficient (Wildman–Crippen LogP) is 4.32. The fourth-order valence-corrected chi connectivity index (χ4v) is 1.99.